The van der Waals surface area contributed by atoms with E-state index in [0.717, 1.165) is 6.42 Å². The molecule has 0 saturated carbocycles. The largest absolute Gasteiger partial charge is 0.354 e. The summed E-state index contributed by atoms with van der Waals surface area (Å²) in [6.45, 7) is 5.58. The second-order valence-corrected chi connectivity index (χ2v) is 6.41. The van der Waals surface area contributed by atoms with Gasteiger partial charge in [0.25, 0.3) is 0 Å². The zero-order valence-electron chi connectivity index (χ0n) is 10.2. The van der Waals surface area contributed by atoms with Crippen LogP contribution in [-0.4, -0.2) is 38.4 Å². The van der Waals surface area contributed by atoms with Crippen LogP contribution in [0.25, 0.3) is 0 Å². The fourth-order valence-corrected chi connectivity index (χ4v) is 1.81. The highest BCUT2D eigenvalue weighted by Crippen LogP contribution is 2.04. The molecule has 0 heterocycles. The van der Waals surface area contributed by atoms with E-state index in [9.17, 15) is 13.2 Å². The van der Waals surface area contributed by atoms with E-state index in [2.05, 4.69) is 5.32 Å². The van der Waals surface area contributed by atoms with Crippen molar-refractivity contribution in [1.82, 2.24) is 5.32 Å². The number of nitrogens with two attached hydrogens (primary N) is 1. The lowest BCUT2D eigenvalue weighted by Gasteiger charge is -2.17. The topological polar surface area (TPSA) is 89.3 Å². The Kier molecular flexibility index (Phi) is 6.59. The Morgan fingerprint density at radius 2 is 1.94 bits per heavy atom. The molecular formula is C10H22N2O3S. The fraction of sp³-hybridized carbons (Fsp3) is 0.900. The van der Waals surface area contributed by atoms with Crippen LogP contribution in [0.15, 0.2) is 0 Å². The first-order chi connectivity index (χ1) is 7.34. The molecule has 6 heteroatoms. The molecule has 2 unspecified atom stereocenters. The third-order valence-corrected chi connectivity index (χ3v) is 4.42. The number of carbonyl (C=O) groups is 1. The van der Waals surface area contributed by atoms with Crippen LogP contribution >= 0.6 is 0 Å². The van der Waals surface area contributed by atoms with Crippen LogP contribution in [0.1, 0.15) is 27.2 Å². The molecule has 0 saturated heterocycles. The van der Waals surface area contributed by atoms with E-state index in [1.165, 1.54) is 0 Å². The van der Waals surface area contributed by atoms with Crippen molar-refractivity contribution in [3.05, 3.63) is 0 Å². The van der Waals surface area contributed by atoms with Crippen molar-refractivity contribution >= 4 is 15.7 Å². The maximum absolute atomic E-state index is 11.5. The van der Waals surface area contributed by atoms with Gasteiger partial charge in [0.1, 0.15) is 0 Å². The molecule has 0 aliphatic heterocycles. The molecule has 5 nitrogen and oxygen atoms in total. The number of hydrogen-bond donors (Lipinski definition) is 2. The van der Waals surface area contributed by atoms with Crippen molar-refractivity contribution < 1.29 is 13.2 Å². The summed E-state index contributed by atoms with van der Waals surface area (Å²) in [5, 5.41) is 2.54. The lowest BCUT2D eigenvalue weighted by molar-refractivity contribution is -0.123. The van der Waals surface area contributed by atoms with E-state index in [-0.39, 0.29) is 29.9 Å². The van der Waals surface area contributed by atoms with Gasteiger partial charge >= 0.3 is 0 Å². The number of sulfone groups is 1. The second kappa shape index (κ2) is 6.85. The Morgan fingerprint density at radius 3 is 2.38 bits per heavy atom. The summed E-state index contributed by atoms with van der Waals surface area (Å²) in [4.78, 5) is 11.5. The molecule has 0 aliphatic rings. The van der Waals surface area contributed by atoms with Gasteiger partial charge in [-0.2, -0.15) is 0 Å². The van der Waals surface area contributed by atoms with Gasteiger partial charge in [-0.1, -0.05) is 27.2 Å². The summed E-state index contributed by atoms with van der Waals surface area (Å²) >= 11 is 0. The highest BCUT2D eigenvalue weighted by Gasteiger charge is 2.19. The van der Waals surface area contributed by atoms with Gasteiger partial charge in [-0.15, -0.1) is 0 Å². The van der Waals surface area contributed by atoms with Crippen molar-refractivity contribution in [2.45, 2.75) is 33.2 Å². The van der Waals surface area contributed by atoms with Gasteiger partial charge in [-0.05, 0) is 5.92 Å². The highest BCUT2D eigenvalue weighted by molar-refractivity contribution is 7.91. The Balaban J connectivity index is 4.00. The van der Waals surface area contributed by atoms with Gasteiger partial charge < -0.3 is 11.1 Å². The average Bonchev–Trinajstić information content (AvgIpc) is 2.26. The third kappa shape index (κ3) is 5.46. The standard InChI is InChI=1S/C10H22N2O3S/c1-4-8(3)9(11)10(13)12-6-7-16(14,15)5-2/h8-9H,4-7,11H2,1-3H3,(H,12,13). The van der Waals surface area contributed by atoms with E-state index in [1.807, 2.05) is 13.8 Å². The minimum absolute atomic E-state index is 0.0253. The highest BCUT2D eigenvalue weighted by atomic mass is 32.2. The summed E-state index contributed by atoms with van der Waals surface area (Å²) in [6, 6.07) is -0.561. The van der Waals surface area contributed by atoms with Crippen LogP contribution < -0.4 is 11.1 Å². The van der Waals surface area contributed by atoms with Gasteiger partial charge in [0, 0.05) is 12.3 Å². The first-order valence-electron chi connectivity index (χ1n) is 5.57. The molecule has 0 aliphatic carbocycles. The van der Waals surface area contributed by atoms with E-state index in [4.69, 9.17) is 5.73 Å². The van der Waals surface area contributed by atoms with E-state index >= 15 is 0 Å². The van der Waals surface area contributed by atoms with Crippen LogP contribution in [0, 0.1) is 5.92 Å². The normalized spacial score (nSPS) is 15.5. The molecule has 16 heavy (non-hydrogen) atoms. The molecule has 3 N–H and O–H groups in total. The van der Waals surface area contributed by atoms with Gasteiger partial charge in [-0.25, -0.2) is 8.42 Å². The zero-order valence-corrected chi connectivity index (χ0v) is 11.0. The summed E-state index contributed by atoms with van der Waals surface area (Å²) < 4.78 is 22.3. The Labute approximate surface area is 97.7 Å². The van der Waals surface area contributed by atoms with Gasteiger partial charge in [-0.3, -0.25) is 4.79 Å². The minimum Gasteiger partial charge on any atom is -0.354 e. The maximum Gasteiger partial charge on any atom is 0.237 e. The molecule has 0 aromatic rings. The fourth-order valence-electron chi connectivity index (χ4n) is 1.10. The molecule has 0 radical (unpaired) electrons. The average molecular weight is 250 g/mol. The smallest absolute Gasteiger partial charge is 0.237 e. The number of carbonyl (C=O) groups excluding carboxylic acids is 1. The van der Waals surface area contributed by atoms with Crippen molar-refractivity contribution in [2.24, 2.45) is 11.7 Å². The van der Waals surface area contributed by atoms with Gasteiger partial charge in [0.2, 0.25) is 5.91 Å². The van der Waals surface area contributed by atoms with Crippen LogP contribution in [0.3, 0.4) is 0 Å². The number of amides is 1. The number of hydrogen-bond acceptors (Lipinski definition) is 4. The lowest BCUT2D eigenvalue weighted by atomic mass is 9.99. The molecular weight excluding hydrogens is 228 g/mol. The quantitative estimate of drug-likeness (QED) is 0.661. The molecule has 0 aromatic carbocycles. The molecule has 96 valence electrons. The molecule has 0 bridgehead atoms. The maximum atomic E-state index is 11.5. The first kappa shape index (κ1) is 15.4. The third-order valence-electron chi connectivity index (χ3n) is 2.71. The summed E-state index contributed by atoms with van der Waals surface area (Å²) in [7, 11) is -3.02. The number of nitrogens with one attached hydrogen (secondary N) is 1. The first-order valence-corrected chi connectivity index (χ1v) is 7.39. The lowest BCUT2D eigenvalue weighted by Crippen LogP contribution is -2.45. The SMILES string of the molecule is CCC(C)C(N)C(=O)NCCS(=O)(=O)CC. The molecule has 0 spiro atoms. The molecule has 0 rings (SSSR count). The second-order valence-electron chi connectivity index (χ2n) is 3.94. The monoisotopic (exact) mass is 250 g/mol. The van der Waals surface area contributed by atoms with E-state index < -0.39 is 15.9 Å². The number of rotatable bonds is 7. The molecule has 0 aromatic heterocycles. The molecule has 0 fully saturated rings. The minimum atomic E-state index is -3.02. The Hall–Kier alpha value is -0.620. The predicted octanol–water partition coefficient (Wildman–Crippen LogP) is -0.0893. The Bertz CT molecular complexity index is 314. The van der Waals surface area contributed by atoms with Gasteiger partial charge in [0.15, 0.2) is 9.84 Å². The molecule has 1 amide bonds. The summed E-state index contributed by atoms with van der Waals surface area (Å²) in [5.41, 5.74) is 5.69. The van der Waals surface area contributed by atoms with Crippen LogP contribution in [0.5, 0.6) is 0 Å². The summed E-state index contributed by atoms with van der Waals surface area (Å²) in [5.74, 6) is -0.105. The summed E-state index contributed by atoms with van der Waals surface area (Å²) in [6.07, 6.45) is 0.821. The van der Waals surface area contributed by atoms with Crippen molar-refractivity contribution in [1.29, 1.82) is 0 Å². The van der Waals surface area contributed by atoms with Crippen LogP contribution in [0.2, 0.25) is 0 Å². The van der Waals surface area contributed by atoms with Crippen LogP contribution in [0.4, 0.5) is 0 Å². The van der Waals surface area contributed by atoms with Crippen molar-refractivity contribution in [2.75, 3.05) is 18.1 Å². The van der Waals surface area contributed by atoms with Crippen LogP contribution in [-0.2, 0) is 14.6 Å². The van der Waals surface area contributed by atoms with E-state index in [1.54, 1.807) is 6.92 Å². The predicted molar refractivity (Wildman–Crippen MR) is 64.8 cm³/mol. The molecule has 2 atom stereocenters. The van der Waals surface area contributed by atoms with E-state index in [0.29, 0.717) is 0 Å². The van der Waals surface area contributed by atoms with Crippen molar-refractivity contribution in [3.8, 4) is 0 Å². The van der Waals surface area contributed by atoms with Crippen molar-refractivity contribution in [3.63, 3.8) is 0 Å². The Morgan fingerprint density at radius 1 is 1.38 bits per heavy atom. The zero-order chi connectivity index (χ0) is 12.8. The van der Waals surface area contributed by atoms with Gasteiger partial charge in [0.05, 0.1) is 11.8 Å².